The molecule has 0 aliphatic heterocycles. The summed E-state index contributed by atoms with van der Waals surface area (Å²) >= 11 is 1.20. The molecule has 4 aromatic rings. The van der Waals surface area contributed by atoms with Gasteiger partial charge >= 0.3 is 0 Å². The fourth-order valence-electron chi connectivity index (χ4n) is 3.68. The first kappa shape index (κ1) is 27.4. The van der Waals surface area contributed by atoms with Crippen LogP contribution in [0, 0.1) is 0 Å². The Morgan fingerprint density at radius 1 is 1.18 bits per heavy atom. The normalized spacial score (nSPS) is 13.9. The molecule has 0 fully saturated rings. The number of nitrogens with one attached hydrogen (secondary N) is 2. The molecule has 19 heteroatoms. The van der Waals surface area contributed by atoms with Crippen LogP contribution in [0.25, 0.3) is 32.7 Å². The first-order chi connectivity index (χ1) is 17.9. The topological polar surface area (TPSA) is 252 Å². The van der Waals surface area contributed by atoms with Crippen LogP contribution < -0.4 is 21.3 Å². The first-order valence-electron chi connectivity index (χ1n) is 10.5. The molecule has 0 spiro atoms. The van der Waals surface area contributed by atoms with E-state index in [1.165, 1.54) is 17.4 Å². The molecule has 0 radical (unpaired) electrons. The van der Waals surface area contributed by atoms with E-state index in [1.807, 2.05) is 0 Å². The summed E-state index contributed by atoms with van der Waals surface area (Å²) in [6.07, 6.45) is -2.45. The molecule has 15 nitrogen and oxygen atoms in total. The molecule has 38 heavy (non-hydrogen) atoms. The zero-order valence-electron chi connectivity index (χ0n) is 19.1. The quantitative estimate of drug-likeness (QED) is 0.144. The highest BCUT2D eigenvalue weighted by molar-refractivity contribution is 7.92. The van der Waals surface area contributed by atoms with Crippen LogP contribution in [0.4, 0.5) is 9.52 Å². The molecule has 2 aromatic heterocycles. The van der Waals surface area contributed by atoms with Gasteiger partial charge in [-0.3, -0.25) is 4.79 Å². The van der Waals surface area contributed by atoms with Crippen molar-refractivity contribution in [3.63, 3.8) is 0 Å². The van der Waals surface area contributed by atoms with E-state index in [4.69, 9.17) is 16.6 Å². The summed E-state index contributed by atoms with van der Waals surface area (Å²) in [5, 5.41) is 19.1. The van der Waals surface area contributed by atoms with Crippen molar-refractivity contribution in [3.8, 4) is 22.5 Å². The minimum absolute atomic E-state index is 0.130. The van der Waals surface area contributed by atoms with Gasteiger partial charge < -0.3 is 16.2 Å². The maximum Gasteiger partial charge on any atom is 0.295 e. The highest BCUT2D eigenvalue weighted by atomic mass is 32.2. The molecule has 8 N–H and O–H groups in total. The Labute approximate surface area is 218 Å². The van der Waals surface area contributed by atoms with E-state index in [1.54, 1.807) is 18.2 Å². The van der Waals surface area contributed by atoms with E-state index in [2.05, 4.69) is 35.1 Å². The lowest BCUT2D eigenvalue weighted by molar-refractivity contribution is -0.143. The molecule has 2 aromatic carbocycles. The Morgan fingerprint density at radius 2 is 1.95 bits per heavy atom. The average molecular weight is 586 g/mol. The van der Waals surface area contributed by atoms with E-state index >= 15 is 0 Å². The van der Waals surface area contributed by atoms with Crippen LogP contribution in [0.2, 0.25) is 0 Å². The second-order valence-corrected chi connectivity index (χ2v) is 12.0. The number of benzene rings is 2. The van der Waals surface area contributed by atoms with Crippen LogP contribution in [0.5, 0.6) is 0 Å². The van der Waals surface area contributed by atoms with Gasteiger partial charge in [-0.1, -0.05) is 29.5 Å². The SMILES string of the molecule is Nc1nc2c(-c3ccc(S(=O)(=O)NCCC(N)C(F)OC=O)c(S(N)(=O)=O)c3-c3nn[nH]n3)cccc2s1. The fourth-order valence-corrected chi connectivity index (χ4v) is 7.09. The van der Waals surface area contributed by atoms with Crippen LogP contribution in [-0.4, -0.2) is 67.9 Å². The number of ether oxygens (including phenoxy) is 1. The molecule has 2 heterocycles. The number of sulfonamides is 2. The lowest BCUT2D eigenvalue weighted by Gasteiger charge is -2.18. The number of anilines is 1. The summed E-state index contributed by atoms with van der Waals surface area (Å²) in [5.74, 6) is -0.255. The van der Waals surface area contributed by atoms with Gasteiger partial charge in [-0.25, -0.2) is 36.1 Å². The van der Waals surface area contributed by atoms with Gasteiger partial charge in [0.2, 0.25) is 25.9 Å². The maximum atomic E-state index is 13.6. The number of aromatic nitrogens is 5. The number of aromatic amines is 1. The molecule has 0 saturated carbocycles. The van der Waals surface area contributed by atoms with Gasteiger partial charge in [0.15, 0.2) is 5.13 Å². The number of alkyl halides is 1. The largest absolute Gasteiger partial charge is 0.432 e. The predicted octanol–water partition coefficient (Wildman–Crippen LogP) is -0.163. The number of carbonyl (C=O) groups excluding carboxylic acids is 1. The number of nitrogens with two attached hydrogens (primary N) is 3. The van der Waals surface area contributed by atoms with Crippen molar-refractivity contribution in [1.82, 2.24) is 30.3 Å². The maximum absolute atomic E-state index is 13.6. The van der Waals surface area contributed by atoms with Crippen LogP contribution in [0.1, 0.15) is 6.42 Å². The number of thiazole rings is 1. The fraction of sp³-hybridized carbons (Fsp3) is 0.211. The van der Waals surface area contributed by atoms with Crippen molar-refractivity contribution in [2.45, 2.75) is 28.6 Å². The van der Waals surface area contributed by atoms with E-state index in [-0.39, 0.29) is 35.0 Å². The third-order valence-corrected chi connectivity index (χ3v) is 8.76. The molecule has 0 amide bonds. The van der Waals surface area contributed by atoms with Gasteiger partial charge in [0.1, 0.15) is 9.79 Å². The molecular weight excluding hydrogens is 565 g/mol. The molecule has 2 atom stereocenters. The number of hydrogen-bond donors (Lipinski definition) is 5. The summed E-state index contributed by atoms with van der Waals surface area (Å²) in [6.45, 7) is -0.554. The summed E-state index contributed by atoms with van der Waals surface area (Å²) in [4.78, 5) is 13.1. The van der Waals surface area contributed by atoms with Crippen LogP contribution in [0.3, 0.4) is 0 Å². The molecule has 0 aliphatic carbocycles. The van der Waals surface area contributed by atoms with Crippen molar-refractivity contribution in [2.75, 3.05) is 12.3 Å². The number of para-hydroxylation sites is 1. The number of nitrogens with zero attached hydrogens (tertiary/aromatic N) is 4. The van der Waals surface area contributed by atoms with Gasteiger partial charge in [-0.05, 0) is 29.3 Å². The standard InChI is InChI=1S/C19H20FN9O6S3/c20-17(35-8-30)11(21)6-7-24-38(33,34)13-5-4-9(10-2-1-3-12-15(10)25-19(22)36-12)14(16(13)37(23,31)32)18-26-28-29-27-18/h1-5,8,11,17,24H,6-7,21H2,(H2,22,25)(H2,23,31,32)(H,26,27,28,29). The number of fused-ring (bicyclic) bond motifs is 1. The lowest BCUT2D eigenvalue weighted by atomic mass is 9.98. The predicted molar refractivity (Wildman–Crippen MR) is 134 cm³/mol. The van der Waals surface area contributed by atoms with Crippen molar-refractivity contribution in [3.05, 3.63) is 30.3 Å². The third kappa shape index (κ3) is 5.47. The van der Waals surface area contributed by atoms with Gasteiger partial charge in [0.25, 0.3) is 12.8 Å². The Balaban J connectivity index is 1.87. The number of tetrazole rings is 1. The highest BCUT2D eigenvalue weighted by Gasteiger charge is 2.32. The molecule has 0 bridgehead atoms. The molecule has 202 valence electrons. The number of carbonyl (C=O) groups is 1. The third-order valence-electron chi connectivity index (χ3n) is 5.28. The zero-order valence-corrected chi connectivity index (χ0v) is 21.6. The Kier molecular flexibility index (Phi) is 7.67. The second kappa shape index (κ2) is 10.6. The Morgan fingerprint density at radius 3 is 2.61 bits per heavy atom. The van der Waals surface area contributed by atoms with Crippen molar-refractivity contribution >= 4 is 53.2 Å². The van der Waals surface area contributed by atoms with Crippen molar-refractivity contribution in [2.24, 2.45) is 10.9 Å². The van der Waals surface area contributed by atoms with Crippen molar-refractivity contribution in [1.29, 1.82) is 0 Å². The van der Waals surface area contributed by atoms with E-state index in [0.717, 1.165) is 6.07 Å². The molecule has 0 saturated heterocycles. The van der Waals surface area contributed by atoms with Crippen LogP contribution in [0.15, 0.2) is 40.1 Å². The Bertz CT molecular complexity index is 1690. The van der Waals surface area contributed by atoms with E-state index in [9.17, 15) is 26.0 Å². The summed E-state index contributed by atoms with van der Waals surface area (Å²) in [5.41, 5.74) is 12.2. The molecule has 2 unspecified atom stereocenters. The minimum atomic E-state index is -4.74. The Hall–Kier alpha value is -3.62. The minimum Gasteiger partial charge on any atom is -0.432 e. The molecular formula is C19H20FN9O6S3. The zero-order chi connectivity index (χ0) is 27.7. The lowest BCUT2D eigenvalue weighted by Crippen LogP contribution is -2.37. The number of halogens is 1. The number of hydrogen-bond acceptors (Lipinski definition) is 13. The average Bonchev–Trinajstić information content (AvgIpc) is 3.51. The van der Waals surface area contributed by atoms with E-state index in [0.29, 0.717) is 15.8 Å². The monoisotopic (exact) mass is 585 g/mol. The second-order valence-electron chi connectivity index (χ2n) is 7.73. The van der Waals surface area contributed by atoms with Crippen LogP contribution >= 0.6 is 11.3 Å². The number of primary sulfonamides is 1. The summed E-state index contributed by atoms with van der Waals surface area (Å²) in [7, 11) is -9.32. The van der Waals surface area contributed by atoms with Gasteiger partial charge in [0.05, 0.1) is 21.8 Å². The number of H-pyrrole nitrogens is 1. The first-order valence-corrected chi connectivity index (χ1v) is 14.4. The van der Waals surface area contributed by atoms with Gasteiger partial charge in [0, 0.05) is 12.1 Å². The smallest absolute Gasteiger partial charge is 0.295 e. The van der Waals surface area contributed by atoms with Gasteiger partial charge in [-0.2, -0.15) is 5.21 Å². The van der Waals surface area contributed by atoms with Gasteiger partial charge in [-0.15, -0.1) is 10.2 Å². The molecule has 4 rings (SSSR count). The number of rotatable bonds is 11. The van der Waals surface area contributed by atoms with Crippen molar-refractivity contribution < 1.29 is 30.8 Å². The van der Waals surface area contributed by atoms with E-state index < -0.39 is 48.8 Å². The van der Waals surface area contributed by atoms with Crippen LogP contribution in [-0.2, 0) is 29.6 Å². The molecule has 0 aliphatic rings. The summed E-state index contributed by atoms with van der Waals surface area (Å²) in [6, 6.07) is 6.13. The summed E-state index contributed by atoms with van der Waals surface area (Å²) < 4.78 is 72.7. The number of nitrogen functional groups attached to an aromatic ring is 1. The highest BCUT2D eigenvalue weighted by Crippen LogP contribution is 2.41.